The Morgan fingerprint density at radius 1 is 0.714 bits per heavy atom. The molecule has 3 aromatic rings. The van der Waals surface area contributed by atoms with E-state index in [2.05, 4.69) is 92.3 Å². The van der Waals surface area contributed by atoms with Crippen LogP contribution in [0.1, 0.15) is 11.1 Å². The van der Waals surface area contributed by atoms with E-state index in [1.54, 1.807) is 0 Å². The molecule has 0 atom stereocenters. The highest BCUT2D eigenvalue weighted by Gasteiger charge is 2.13. The van der Waals surface area contributed by atoms with Crippen molar-refractivity contribution < 1.29 is 4.57 Å². The van der Waals surface area contributed by atoms with Crippen molar-refractivity contribution in [1.82, 2.24) is 0 Å². The third-order valence-corrected chi connectivity index (χ3v) is 4.02. The van der Waals surface area contributed by atoms with E-state index in [1.807, 2.05) is 0 Å². The summed E-state index contributed by atoms with van der Waals surface area (Å²) in [4.78, 5) is 0. The molecule has 3 rings (SSSR count). The maximum absolute atomic E-state index is 2.30. The van der Waals surface area contributed by atoms with E-state index in [1.165, 1.54) is 33.5 Å². The van der Waals surface area contributed by atoms with Crippen LogP contribution in [0.4, 0.5) is 0 Å². The SMILES string of the molecule is Cc1ccccc1-c1ccc(C)c(-c2cccc[n+]2C)c1. The first-order valence-electron chi connectivity index (χ1n) is 7.28. The molecule has 1 heteroatoms. The maximum Gasteiger partial charge on any atom is 0.212 e. The number of aryl methyl sites for hydroxylation is 3. The highest BCUT2D eigenvalue weighted by molar-refractivity contribution is 5.74. The first-order valence-corrected chi connectivity index (χ1v) is 7.28. The molecule has 0 radical (unpaired) electrons. The minimum absolute atomic E-state index is 1.24. The second kappa shape index (κ2) is 5.53. The van der Waals surface area contributed by atoms with Crippen molar-refractivity contribution in [2.24, 2.45) is 7.05 Å². The third-order valence-electron chi connectivity index (χ3n) is 4.02. The molecular formula is C20H20N+. The van der Waals surface area contributed by atoms with Gasteiger partial charge in [0.2, 0.25) is 5.69 Å². The Labute approximate surface area is 126 Å². The molecule has 104 valence electrons. The van der Waals surface area contributed by atoms with Gasteiger partial charge < -0.3 is 0 Å². The van der Waals surface area contributed by atoms with E-state index in [-0.39, 0.29) is 0 Å². The minimum Gasteiger partial charge on any atom is -0.201 e. The van der Waals surface area contributed by atoms with Crippen molar-refractivity contribution >= 4 is 0 Å². The summed E-state index contributed by atoms with van der Waals surface area (Å²) in [5.74, 6) is 0. The van der Waals surface area contributed by atoms with Crippen LogP contribution in [0.3, 0.4) is 0 Å². The van der Waals surface area contributed by atoms with Gasteiger partial charge in [-0.25, -0.2) is 4.57 Å². The predicted octanol–water partition coefficient (Wildman–Crippen LogP) is 4.46. The first kappa shape index (κ1) is 13.6. The van der Waals surface area contributed by atoms with E-state index >= 15 is 0 Å². The van der Waals surface area contributed by atoms with Crippen molar-refractivity contribution in [1.29, 1.82) is 0 Å². The standard InChI is InChI=1S/C20H20N/c1-15-8-4-5-9-18(15)17-12-11-16(2)19(14-17)20-10-6-7-13-21(20)3/h4-14H,1-3H3/q+1. The zero-order valence-corrected chi connectivity index (χ0v) is 12.8. The number of benzene rings is 2. The van der Waals surface area contributed by atoms with Crippen molar-refractivity contribution in [3.8, 4) is 22.4 Å². The van der Waals surface area contributed by atoms with Gasteiger partial charge >= 0.3 is 0 Å². The fraction of sp³-hybridized carbons (Fsp3) is 0.150. The van der Waals surface area contributed by atoms with Crippen LogP contribution in [0.5, 0.6) is 0 Å². The lowest BCUT2D eigenvalue weighted by Gasteiger charge is -2.10. The molecule has 21 heavy (non-hydrogen) atoms. The van der Waals surface area contributed by atoms with E-state index in [0.29, 0.717) is 0 Å². The molecule has 2 aromatic carbocycles. The first-order chi connectivity index (χ1) is 10.2. The van der Waals surface area contributed by atoms with Gasteiger partial charge in [-0.05, 0) is 48.2 Å². The van der Waals surface area contributed by atoms with Gasteiger partial charge in [-0.3, -0.25) is 0 Å². The van der Waals surface area contributed by atoms with Gasteiger partial charge in [0.25, 0.3) is 0 Å². The number of hydrogen-bond donors (Lipinski definition) is 0. The Morgan fingerprint density at radius 3 is 2.19 bits per heavy atom. The zero-order valence-electron chi connectivity index (χ0n) is 12.8. The van der Waals surface area contributed by atoms with Gasteiger partial charge in [-0.2, -0.15) is 0 Å². The molecular weight excluding hydrogens is 254 g/mol. The van der Waals surface area contributed by atoms with Crippen LogP contribution >= 0.6 is 0 Å². The summed E-state index contributed by atoms with van der Waals surface area (Å²) in [6.45, 7) is 4.33. The fourth-order valence-corrected chi connectivity index (χ4v) is 2.77. The highest BCUT2D eigenvalue weighted by Crippen LogP contribution is 2.29. The van der Waals surface area contributed by atoms with Crippen LogP contribution in [0.2, 0.25) is 0 Å². The summed E-state index contributed by atoms with van der Waals surface area (Å²) in [6, 6.07) is 21.6. The Morgan fingerprint density at radius 2 is 1.43 bits per heavy atom. The summed E-state index contributed by atoms with van der Waals surface area (Å²) in [5.41, 5.74) is 7.72. The fourth-order valence-electron chi connectivity index (χ4n) is 2.77. The van der Waals surface area contributed by atoms with E-state index in [4.69, 9.17) is 0 Å². The van der Waals surface area contributed by atoms with Gasteiger partial charge in [-0.15, -0.1) is 0 Å². The number of hydrogen-bond acceptors (Lipinski definition) is 0. The number of aromatic nitrogens is 1. The van der Waals surface area contributed by atoms with Crippen LogP contribution in [0.15, 0.2) is 66.9 Å². The summed E-state index contributed by atoms with van der Waals surface area (Å²) < 4.78 is 2.17. The van der Waals surface area contributed by atoms with Crippen molar-refractivity contribution in [2.75, 3.05) is 0 Å². The maximum atomic E-state index is 2.30. The molecule has 0 aliphatic carbocycles. The number of pyridine rings is 1. The third kappa shape index (κ3) is 2.59. The molecule has 0 spiro atoms. The Hall–Kier alpha value is -2.41. The van der Waals surface area contributed by atoms with Gasteiger partial charge in [-0.1, -0.05) is 36.4 Å². The largest absolute Gasteiger partial charge is 0.212 e. The Balaban J connectivity index is 2.18. The van der Waals surface area contributed by atoms with Crippen molar-refractivity contribution in [3.63, 3.8) is 0 Å². The second-order valence-electron chi connectivity index (χ2n) is 5.54. The van der Waals surface area contributed by atoms with Gasteiger partial charge in [0.1, 0.15) is 7.05 Å². The summed E-state index contributed by atoms with van der Waals surface area (Å²) in [5, 5.41) is 0. The van der Waals surface area contributed by atoms with Gasteiger partial charge in [0.15, 0.2) is 6.20 Å². The average Bonchev–Trinajstić information content (AvgIpc) is 2.49. The van der Waals surface area contributed by atoms with E-state index in [0.717, 1.165) is 0 Å². The molecule has 0 amide bonds. The zero-order chi connectivity index (χ0) is 14.8. The van der Waals surface area contributed by atoms with E-state index in [9.17, 15) is 0 Å². The molecule has 0 aliphatic rings. The molecule has 1 heterocycles. The lowest BCUT2D eigenvalue weighted by Crippen LogP contribution is -2.30. The summed E-state index contributed by atoms with van der Waals surface area (Å²) in [6.07, 6.45) is 2.09. The summed E-state index contributed by atoms with van der Waals surface area (Å²) in [7, 11) is 2.09. The molecule has 0 N–H and O–H groups in total. The number of nitrogens with zero attached hydrogens (tertiary/aromatic N) is 1. The molecule has 0 saturated heterocycles. The van der Waals surface area contributed by atoms with Crippen molar-refractivity contribution in [3.05, 3.63) is 78.0 Å². The van der Waals surface area contributed by atoms with Gasteiger partial charge in [0, 0.05) is 17.7 Å². The lowest BCUT2D eigenvalue weighted by atomic mass is 9.95. The molecule has 0 bridgehead atoms. The van der Waals surface area contributed by atoms with Crippen LogP contribution in [-0.4, -0.2) is 0 Å². The molecule has 0 aliphatic heterocycles. The molecule has 0 saturated carbocycles. The smallest absolute Gasteiger partial charge is 0.201 e. The average molecular weight is 274 g/mol. The van der Waals surface area contributed by atoms with E-state index < -0.39 is 0 Å². The van der Waals surface area contributed by atoms with Crippen LogP contribution in [-0.2, 0) is 7.05 Å². The monoisotopic (exact) mass is 274 g/mol. The van der Waals surface area contributed by atoms with Crippen LogP contribution < -0.4 is 4.57 Å². The molecule has 0 unspecified atom stereocenters. The molecule has 1 aromatic heterocycles. The van der Waals surface area contributed by atoms with Gasteiger partial charge in [0.05, 0.1) is 0 Å². The van der Waals surface area contributed by atoms with Crippen molar-refractivity contribution in [2.45, 2.75) is 13.8 Å². The lowest BCUT2D eigenvalue weighted by molar-refractivity contribution is -0.660. The second-order valence-corrected chi connectivity index (χ2v) is 5.54. The number of rotatable bonds is 2. The Bertz CT molecular complexity index is 787. The molecule has 1 nitrogen and oxygen atoms in total. The van der Waals surface area contributed by atoms with Crippen LogP contribution in [0, 0.1) is 13.8 Å². The molecule has 0 fully saturated rings. The quantitative estimate of drug-likeness (QED) is 0.607. The Kier molecular flexibility index (Phi) is 3.57. The topological polar surface area (TPSA) is 3.88 Å². The predicted molar refractivity (Wildman–Crippen MR) is 88.0 cm³/mol. The summed E-state index contributed by atoms with van der Waals surface area (Å²) >= 11 is 0. The van der Waals surface area contributed by atoms with Crippen LogP contribution in [0.25, 0.3) is 22.4 Å². The minimum atomic E-state index is 1.24. The highest BCUT2D eigenvalue weighted by atomic mass is 14.9. The normalized spacial score (nSPS) is 10.6.